The summed E-state index contributed by atoms with van der Waals surface area (Å²) in [6, 6.07) is 16.3. The van der Waals surface area contributed by atoms with Crippen LogP contribution in [0.2, 0.25) is 10.0 Å². The Balaban J connectivity index is 1.41. The van der Waals surface area contributed by atoms with Crippen LogP contribution in [0.25, 0.3) is 0 Å². The molecule has 1 aliphatic heterocycles. The Hall–Kier alpha value is -3.22. The molecule has 0 saturated heterocycles. The molecule has 0 radical (unpaired) electrons. The van der Waals surface area contributed by atoms with Crippen molar-refractivity contribution >= 4 is 46.4 Å². The Morgan fingerprint density at radius 3 is 1.93 bits per heavy atom. The molecule has 2 amide bonds. The van der Waals surface area contributed by atoms with E-state index >= 15 is 0 Å². The van der Waals surface area contributed by atoms with Crippen LogP contribution in [0.1, 0.15) is 20.7 Å². The minimum atomic E-state index is -0.354. The van der Waals surface area contributed by atoms with E-state index in [0.29, 0.717) is 57.3 Å². The molecule has 30 heavy (non-hydrogen) atoms. The molecule has 1 aliphatic rings. The fourth-order valence-corrected chi connectivity index (χ4v) is 3.44. The van der Waals surface area contributed by atoms with Crippen molar-refractivity contribution in [3.63, 3.8) is 0 Å². The van der Waals surface area contributed by atoms with E-state index in [9.17, 15) is 9.59 Å². The number of nitrogens with one attached hydrogen (secondary N) is 2. The van der Waals surface area contributed by atoms with E-state index in [1.165, 1.54) is 12.1 Å². The van der Waals surface area contributed by atoms with E-state index in [4.69, 9.17) is 32.7 Å². The summed E-state index contributed by atoms with van der Waals surface area (Å²) < 4.78 is 11.0. The summed E-state index contributed by atoms with van der Waals surface area (Å²) >= 11 is 11.9. The first-order chi connectivity index (χ1) is 14.5. The Kier molecular flexibility index (Phi) is 5.79. The van der Waals surface area contributed by atoms with Gasteiger partial charge in [-0.25, -0.2) is 0 Å². The van der Waals surface area contributed by atoms with Crippen LogP contribution in [0.5, 0.6) is 11.5 Å². The molecular formula is C22H16Cl2N2O4. The van der Waals surface area contributed by atoms with Gasteiger partial charge in [0.05, 0.1) is 0 Å². The molecule has 152 valence electrons. The second-order valence-corrected chi connectivity index (χ2v) is 7.38. The van der Waals surface area contributed by atoms with Crippen molar-refractivity contribution in [2.24, 2.45) is 0 Å². The van der Waals surface area contributed by atoms with Gasteiger partial charge in [-0.2, -0.15) is 0 Å². The Labute approximate surface area is 182 Å². The summed E-state index contributed by atoms with van der Waals surface area (Å²) in [5.41, 5.74) is 1.91. The summed E-state index contributed by atoms with van der Waals surface area (Å²) in [5, 5.41) is 6.31. The first-order valence-corrected chi connectivity index (χ1v) is 9.82. The second-order valence-electron chi connectivity index (χ2n) is 6.50. The van der Waals surface area contributed by atoms with E-state index in [2.05, 4.69) is 10.6 Å². The minimum Gasteiger partial charge on any atom is -0.486 e. The molecule has 0 atom stereocenters. The summed E-state index contributed by atoms with van der Waals surface area (Å²) in [6.07, 6.45) is 0. The third-order valence-electron chi connectivity index (χ3n) is 4.33. The van der Waals surface area contributed by atoms with Gasteiger partial charge in [0.25, 0.3) is 11.8 Å². The van der Waals surface area contributed by atoms with E-state index in [1.807, 2.05) is 0 Å². The quantitative estimate of drug-likeness (QED) is 0.576. The number of rotatable bonds is 4. The van der Waals surface area contributed by atoms with Crippen molar-refractivity contribution in [1.82, 2.24) is 0 Å². The van der Waals surface area contributed by atoms with Crippen LogP contribution in [-0.2, 0) is 0 Å². The number of benzene rings is 3. The number of hydrogen-bond donors (Lipinski definition) is 2. The molecule has 0 bridgehead atoms. The van der Waals surface area contributed by atoms with E-state index in [1.54, 1.807) is 48.5 Å². The molecule has 1 heterocycles. The van der Waals surface area contributed by atoms with E-state index < -0.39 is 0 Å². The number of hydrogen-bond acceptors (Lipinski definition) is 4. The topological polar surface area (TPSA) is 76.7 Å². The average Bonchev–Trinajstić information content (AvgIpc) is 2.73. The molecule has 4 rings (SSSR count). The molecule has 0 aromatic heterocycles. The van der Waals surface area contributed by atoms with Gasteiger partial charge in [0.15, 0.2) is 11.5 Å². The first-order valence-electron chi connectivity index (χ1n) is 9.06. The molecule has 0 unspecified atom stereocenters. The van der Waals surface area contributed by atoms with Gasteiger partial charge in [-0.3, -0.25) is 9.59 Å². The zero-order chi connectivity index (χ0) is 21.1. The lowest BCUT2D eigenvalue weighted by atomic mass is 10.1. The lowest BCUT2D eigenvalue weighted by Crippen LogP contribution is -2.16. The second kappa shape index (κ2) is 8.65. The zero-order valence-electron chi connectivity index (χ0n) is 15.6. The van der Waals surface area contributed by atoms with Gasteiger partial charge in [0.2, 0.25) is 0 Å². The van der Waals surface area contributed by atoms with Gasteiger partial charge in [-0.1, -0.05) is 23.2 Å². The molecule has 0 spiro atoms. The van der Waals surface area contributed by atoms with Crippen LogP contribution >= 0.6 is 23.2 Å². The van der Waals surface area contributed by atoms with Gasteiger partial charge in [0.1, 0.15) is 13.2 Å². The van der Waals surface area contributed by atoms with Gasteiger partial charge >= 0.3 is 0 Å². The van der Waals surface area contributed by atoms with Crippen LogP contribution in [0.3, 0.4) is 0 Å². The van der Waals surface area contributed by atoms with Crippen LogP contribution in [0.15, 0.2) is 60.7 Å². The SMILES string of the molecule is O=C(Nc1ccc2c(c1)OCCO2)c1ccc(NC(=O)c2cc(Cl)cc(Cl)c2)cc1. The predicted octanol–water partition coefficient (Wildman–Crippen LogP) is 5.27. The molecule has 8 heteroatoms. The van der Waals surface area contributed by atoms with Crippen LogP contribution in [0.4, 0.5) is 11.4 Å². The van der Waals surface area contributed by atoms with Gasteiger partial charge < -0.3 is 20.1 Å². The highest BCUT2D eigenvalue weighted by Gasteiger charge is 2.14. The number of halogens is 2. The fourth-order valence-electron chi connectivity index (χ4n) is 2.92. The monoisotopic (exact) mass is 442 g/mol. The third-order valence-corrected chi connectivity index (χ3v) is 4.77. The van der Waals surface area contributed by atoms with Crippen molar-refractivity contribution in [3.05, 3.63) is 81.8 Å². The van der Waals surface area contributed by atoms with Crippen LogP contribution in [0, 0.1) is 0 Å². The van der Waals surface area contributed by atoms with Crippen LogP contribution < -0.4 is 20.1 Å². The molecular weight excluding hydrogens is 427 g/mol. The number of ether oxygens (including phenoxy) is 2. The zero-order valence-corrected chi connectivity index (χ0v) is 17.1. The van der Waals surface area contributed by atoms with Crippen molar-refractivity contribution in [2.75, 3.05) is 23.8 Å². The Morgan fingerprint density at radius 2 is 1.23 bits per heavy atom. The average molecular weight is 443 g/mol. The van der Waals surface area contributed by atoms with Crippen molar-refractivity contribution in [3.8, 4) is 11.5 Å². The van der Waals surface area contributed by atoms with Crippen molar-refractivity contribution in [1.29, 1.82) is 0 Å². The van der Waals surface area contributed by atoms with Crippen molar-refractivity contribution in [2.45, 2.75) is 0 Å². The van der Waals surface area contributed by atoms with E-state index in [0.717, 1.165) is 0 Å². The number of amides is 2. The molecule has 3 aromatic carbocycles. The predicted molar refractivity (Wildman–Crippen MR) is 116 cm³/mol. The maximum Gasteiger partial charge on any atom is 0.255 e. The molecule has 2 N–H and O–H groups in total. The summed E-state index contributed by atoms with van der Waals surface area (Å²) in [6.45, 7) is 0.977. The minimum absolute atomic E-state index is 0.286. The third kappa shape index (κ3) is 4.67. The molecule has 3 aromatic rings. The van der Waals surface area contributed by atoms with Crippen LogP contribution in [-0.4, -0.2) is 25.0 Å². The van der Waals surface area contributed by atoms with Gasteiger partial charge in [-0.15, -0.1) is 0 Å². The van der Waals surface area contributed by atoms with Gasteiger partial charge in [-0.05, 0) is 54.6 Å². The number of anilines is 2. The maximum atomic E-state index is 12.5. The fraction of sp³-hybridized carbons (Fsp3) is 0.0909. The standard InChI is InChI=1S/C22H16Cl2N2O4/c23-15-9-14(10-16(24)11-15)22(28)25-17-3-1-13(2-4-17)21(27)26-18-5-6-19-20(12-18)30-8-7-29-19/h1-6,9-12H,7-8H2,(H,25,28)(H,26,27). The summed E-state index contributed by atoms with van der Waals surface area (Å²) in [4.78, 5) is 24.9. The van der Waals surface area contributed by atoms with E-state index in [-0.39, 0.29) is 11.8 Å². The van der Waals surface area contributed by atoms with Crippen molar-refractivity contribution < 1.29 is 19.1 Å². The highest BCUT2D eigenvalue weighted by molar-refractivity contribution is 6.35. The van der Waals surface area contributed by atoms with Gasteiger partial charge in [0, 0.05) is 38.6 Å². The Bertz CT molecular complexity index is 1100. The number of carbonyl (C=O) groups is 2. The normalized spacial score (nSPS) is 12.2. The number of fused-ring (bicyclic) bond motifs is 1. The highest BCUT2D eigenvalue weighted by atomic mass is 35.5. The number of carbonyl (C=O) groups excluding carboxylic acids is 2. The maximum absolute atomic E-state index is 12.5. The first kappa shape index (κ1) is 20.1. The summed E-state index contributed by atoms with van der Waals surface area (Å²) in [5.74, 6) is 0.609. The largest absolute Gasteiger partial charge is 0.486 e. The summed E-state index contributed by atoms with van der Waals surface area (Å²) in [7, 11) is 0. The lowest BCUT2D eigenvalue weighted by Gasteiger charge is -2.19. The lowest BCUT2D eigenvalue weighted by molar-refractivity contribution is 0.102. The Morgan fingerprint density at radius 1 is 0.667 bits per heavy atom. The molecule has 0 saturated carbocycles. The highest BCUT2D eigenvalue weighted by Crippen LogP contribution is 2.32. The molecule has 0 fully saturated rings. The molecule has 0 aliphatic carbocycles. The molecule has 6 nitrogen and oxygen atoms in total. The smallest absolute Gasteiger partial charge is 0.255 e.